The molecule has 2 heterocycles. The van der Waals surface area contributed by atoms with Crippen molar-refractivity contribution >= 4 is 23.5 Å². The van der Waals surface area contributed by atoms with Crippen LogP contribution in [0.2, 0.25) is 0 Å². The third-order valence-electron chi connectivity index (χ3n) is 5.29. The van der Waals surface area contributed by atoms with Gasteiger partial charge in [-0.15, -0.1) is 11.8 Å². The highest BCUT2D eigenvalue weighted by atomic mass is 32.2. The van der Waals surface area contributed by atoms with Crippen LogP contribution in [0.25, 0.3) is 0 Å². The number of carbonyl (C=O) groups is 1. The highest BCUT2D eigenvalue weighted by Gasteiger charge is 2.22. The topological polar surface area (TPSA) is 54.5 Å². The van der Waals surface area contributed by atoms with Crippen LogP contribution in [0.4, 0.5) is 5.82 Å². The third-order valence-corrected chi connectivity index (χ3v) is 6.15. The van der Waals surface area contributed by atoms with Crippen molar-refractivity contribution in [1.29, 1.82) is 0 Å². The van der Waals surface area contributed by atoms with Gasteiger partial charge in [0.15, 0.2) is 0 Å². The fourth-order valence-corrected chi connectivity index (χ4v) is 4.64. The van der Waals surface area contributed by atoms with Crippen LogP contribution in [0.1, 0.15) is 54.9 Å². The molecule has 1 aromatic rings. The van der Waals surface area contributed by atoms with Gasteiger partial charge in [0, 0.05) is 19.6 Å². The Balaban J connectivity index is 1.74. The zero-order valence-electron chi connectivity index (χ0n) is 16.1. The Morgan fingerprint density at radius 3 is 2.73 bits per heavy atom. The molecule has 2 aliphatic rings. The Morgan fingerprint density at radius 2 is 2.04 bits per heavy atom. The van der Waals surface area contributed by atoms with Crippen LogP contribution in [-0.2, 0) is 4.74 Å². The number of thioether (sulfide) groups is 1. The summed E-state index contributed by atoms with van der Waals surface area (Å²) in [5.74, 6) is 2.54. The SMILES string of the molecule is CCSc1nc(N2CCOCC2)cc(C)c1C(=O)NCC1CCCCC1. The quantitative estimate of drug-likeness (QED) is 0.767. The Kier molecular flexibility index (Phi) is 7.20. The highest BCUT2D eigenvalue weighted by molar-refractivity contribution is 7.99. The van der Waals surface area contributed by atoms with Crippen molar-refractivity contribution in [3.63, 3.8) is 0 Å². The summed E-state index contributed by atoms with van der Waals surface area (Å²) in [5.41, 5.74) is 1.77. The molecule has 1 aliphatic carbocycles. The molecule has 144 valence electrons. The van der Waals surface area contributed by atoms with Crippen LogP contribution in [0.5, 0.6) is 0 Å². The van der Waals surface area contributed by atoms with E-state index in [1.165, 1.54) is 32.1 Å². The zero-order valence-corrected chi connectivity index (χ0v) is 16.9. The minimum Gasteiger partial charge on any atom is -0.378 e. The normalized spacial score (nSPS) is 18.8. The van der Waals surface area contributed by atoms with E-state index in [1.807, 2.05) is 6.92 Å². The summed E-state index contributed by atoms with van der Waals surface area (Å²) < 4.78 is 5.44. The summed E-state index contributed by atoms with van der Waals surface area (Å²) in [5, 5.41) is 4.04. The van der Waals surface area contributed by atoms with Crippen molar-refractivity contribution in [1.82, 2.24) is 10.3 Å². The minimum atomic E-state index is 0.0325. The highest BCUT2D eigenvalue weighted by Crippen LogP contribution is 2.28. The van der Waals surface area contributed by atoms with Crippen LogP contribution < -0.4 is 10.2 Å². The van der Waals surface area contributed by atoms with Gasteiger partial charge in [-0.1, -0.05) is 26.2 Å². The molecule has 0 aromatic carbocycles. The third kappa shape index (κ3) is 4.92. The summed E-state index contributed by atoms with van der Waals surface area (Å²) in [4.78, 5) is 20.0. The van der Waals surface area contributed by atoms with E-state index in [9.17, 15) is 4.79 Å². The first-order chi connectivity index (χ1) is 12.7. The van der Waals surface area contributed by atoms with E-state index in [1.54, 1.807) is 11.8 Å². The molecule has 6 heteroatoms. The number of morpholine rings is 1. The molecule has 1 N–H and O–H groups in total. The summed E-state index contributed by atoms with van der Waals surface area (Å²) >= 11 is 1.65. The van der Waals surface area contributed by atoms with Gasteiger partial charge in [0.25, 0.3) is 5.91 Å². The average Bonchev–Trinajstić information content (AvgIpc) is 2.67. The molecule has 1 aliphatic heterocycles. The number of pyridine rings is 1. The first-order valence-corrected chi connectivity index (χ1v) is 10.9. The maximum atomic E-state index is 12.9. The number of aryl methyl sites for hydroxylation is 1. The van der Waals surface area contributed by atoms with Gasteiger partial charge in [0.1, 0.15) is 10.8 Å². The van der Waals surface area contributed by atoms with Crippen LogP contribution in [0.3, 0.4) is 0 Å². The molecular formula is C20H31N3O2S. The smallest absolute Gasteiger partial charge is 0.254 e. The Bertz CT molecular complexity index is 611. The molecule has 0 spiro atoms. The first kappa shape index (κ1) is 19.5. The number of hydrogen-bond donors (Lipinski definition) is 1. The van der Waals surface area contributed by atoms with Crippen LogP contribution in [0.15, 0.2) is 11.1 Å². The number of nitrogens with zero attached hydrogens (tertiary/aromatic N) is 2. The van der Waals surface area contributed by atoms with Gasteiger partial charge < -0.3 is 15.0 Å². The van der Waals surface area contributed by atoms with Crippen molar-refractivity contribution < 1.29 is 9.53 Å². The lowest BCUT2D eigenvalue weighted by atomic mass is 9.89. The first-order valence-electron chi connectivity index (χ1n) is 9.94. The molecule has 1 saturated carbocycles. The number of anilines is 1. The number of nitrogens with one attached hydrogen (secondary N) is 1. The van der Waals surface area contributed by atoms with E-state index in [4.69, 9.17) is 9.72 Å². The van der Waals surface area contributed by atoms with E-state index >= 15 is 0 Å². The molecule has 1 saturated heterocycles. The summed E-state index contributed by atoms with van der Waals surface area (Å²) in [7, 11) is 0. The summed E-state index contributed by atoms with van der Waals surface area (Å²) in [6.45, 7) is 8.11. The van der Waals surface area contributed by atoms with Gasteiger partial charge in [0.05, 0.1) is 18.8 Å². The summed E-state index contributed by atoms with van der Waals surface area (Å²) in [6.07, 6.45) is 6.42. The van der Waals surface area contributed by atoms with Gasteiger partial charge >= 0.3 is 0 Å². The molecule has 0 bridgehead atoms. The van der Waals surface area contributed by atoms with Crippen molar-refractivity contribution in [3.8, 4) is 0 Å². The minimum absolute atomic E-state index is 0.0325. The fourth-order valence-electron chi connectivity index (χ4n) is 3.82. The van der Waals surface area contributed by atoms with Crippen LogP contribution >= 0.6 is 11.8 Å². The number of ether oxygens (including phenoxy) is 1. The molecular weight excluding hydrogens is 346 g/mol. The molecule has 1 aromatic heterocycles. The van der Waals surface area contributed by atoms with Crippen molar-refractivity contribution in [2.75, 3.05) is 43.5 Å². The second-order valence-corrected chi connectivity index (χ2v) is 8.48. The number of carbonyl (C=O) groups excluding carboxylic acids is 1. The molecule has 1 amide bonds. The molecule has 3 rings (SSSR count). The second kappa shape index (κ2) is 9.60. The predicted molar refractivity (Wildman–Crippen MR) is 107 cm³/mol. The number of aromatic nitrogens is 1. The zero-order chi connectivity index (χ0) is 18.4. The maximum absolute atomic E-state index is 12.9. The van der Waals surface area contributed by atoms with Gasteiger partial charge in [-0.25, -0.2) is 4.98 Å². The standard InChI is InChI=1S/C20H31N3O2S/c1-3-26-20-18(19(24)21-14-16-7-5-4-6-8-16)15(2)13-17(22-20)23-9-11-25-12-10-23/h13,16H,3-12,14H2,1-2H3,(H,21,24). The lowest BCUT2D eigenvalue weighted by molar-refractivity contribution is 0.0939. The predicted octanol–water partition coefficient (Wildman–Crippen LogP) is 3.65. The van der Waals surface area contributed by atoms with E-state index in [2.05, 4.69) is 23.2 Å². The molecule has 0 atom stereocenters. The van der Waals surface area contributed by atoms with Crippen LogP contribution in [-0.4, -0.2) is 49.5 Å². The lowest BCUT2D eigenvalue weighted by Gasteiger charge is -2.29. The van der Waals surface area contributed by atoms with Crippen molar-refractivity contribution in [2.45, 2.75) is 51.0 Å². The Labute approximate surface area is 161 Å². The number of amides is 1. The van der Waals surface area contributed by atoms with Crippen molar-refractivity contribution in [3.05, 3.63) is 17.2 Å². The van der Waals surface area contributed by atoms with Crippen molar-refractivity contribution in [2.24, 2.45) is 5.92 Å². The van der Waals surface area contributed by atoms with E-state index in [0.717, 1.165) is 60.6 Å². The monoisotopic (exact) mass is 377 g/mol. The van der Waals surface area contributed by atoms with E-state index in [0.29, 0.717) is 5.92 Å². The molecule has 0 unspecified atom stereocenters. The molecule has 2 fully saturated rings. The lowest BCUT2D eigenvalue weighted by Crippen LogP contribution is -2.37. The summed E-state index contributed by atoms with van der Waals surface area (Å²) in [6, 6.07) is 2.06. The van der Waals surface area contributed by atoms with Gasteiger partial charge in [-0.05, 0) is 43.1 Å². The number of hydrogen-bond acceptors (Lipinski definition) is 5. The maximum Gasteiger partial charge on any atom is 0.254 e. The largest absolute Gasteiger partial charge is 0.378 e. The Morgan fingerprint density at radius 1 is 1.31 bits per heavy atom. The average molecular weight is 378 g/mol. The Hall–Kier alpha value is -1.27. The molecule has 26 heavy (non-hydrogen) atoms. The van der Waals surface area contributed by atoms with Gasteiger partial charge in [-0.2, -0.15) is 0 Å². The fraction of sp³-hybridized carbons (Fsp3) is 0.700. The second-order valence-electron chi connectivity index (χ2n) is 7.22. The molecule has 5 nitrogen and oxygen atoms in total. The van der Waals surface area contributed by atoms with Gasteiger partial charge in [0.2, 0.25) is 0 Å². The van der Waals surface area contributed by atoms with Gasteiger partial charge in [-0.3, -0.25) is 4.79 Å². The van der Waals surface area contributed by atoms with E-state index < -0.39 is 0 Å². The van der Waals surface area contributed by atoms with E-state index in [-0.39, 0.29) is 5.91 Å². The van der Waals surface area contributed by atoms with Crippen LogP contribution in [0, 0.1) is 12.8 Å². The number of rotatable bonds is 6. The molecule has 0 radical (unpaired) electrons.